The molecule has 5 saturated carbocycles. The van der Waals surface area contributed by atoms with Gasteiger partial charge in [0.15, 0.2) is 5.12 Å². The molecule has 10 atom stereocenters. The summed E-state index contributed by atoms with van der Waals surface area (Å²) < 4.78 is 0. The van der Waals surface area contributed by atoms with Crippen molar-refractivity contribution in [1.29, 1.82) is 0 Å². The largest absolute Gasteiger partial charge is 0.300 e. The maximum Gasteiger partial charge on any atom is 0.186 e. The molecule has 0 N–H and O–H groups in total. The molecule has 0 amide bonds. The molecule has 0 aromatic rings. The number of fused-ring (bicyclic) bond motifs is 12. The third-order valence-electron chi connectivity index (χ3n) is 8.44. The molecule has 25 heavy (non-hydrogen) atoms. The molecule has 138 valence electrons. The second-order valence-electron chi connectivity index (χ2n) is 9.51. The van der Waals surface area contributed by atoms with E-state index >= 15 is 0 Å². The third-order valence-corrected chi connectivity index (χ3v) is 10.9. The molecule has 0 heterocycles. The van der Waals surface area contributed by atoms with Crippen LogP contribution in [0.4, 0.5) is 0 Å². The van der Waals surface area contributed by atoms with Crippen molar-refractivity contribution in [2.24, 2.45) is 47.3 Å². The van der Waals surface area contributed by atoms with Crippen molar-refractivity contribution >= 4 is 34.4 Å². The Kier molecular flexibility index (Phi) is 4.32. The van der Waals surface area contributed by atoms with Crippen LogP contribution in [0.3, 0.4) is 0 Å². The lowest BCUT2D eigenvalue weighted by atomic mass is 9.64. The summed E-state index contributed by atoms with van der Waals surface area (Å²) in [5.74, 6) is 9.20. The number of ketones is 1. The van der Waals surface area contributed by atoms with Crippen molar-refractivity contribution in [3.05, 3.63) is 0 Å². The lowest BCUT2D eigenvalue weighted by molar-refractivity contribution is -0.116. The van der Waals surface area contributed by atoms with Crippen molar-refractivity contribution in [2.75, 3.05) is 5.75 Å². The molecule has 0 aliphatic heterocycles. The normalized spacial score (nSPS) is 51.8. The molecule has 4 bridgehead atoms. The second kappa shape index (κ2) is 6.29. The topological polar surface area (TPSA) is 34.1 Å². The Balaban J connectivity index is 1.27. The molecule has 2 nitrogen and oxygen atoms in total. The molecule has 0 aromatic carbocycles. The number of carbonyl (C=O) groups is 2. The van der Waals surface area contributed by atoms with Crippen molar-refractivity contribution in [1.82, 2.24) is 0 Å². The highest BCUT2D eigenvalue weighted by Crippen LogP contribution is 2.74. The molecule has 5 aliphatic rings. The van der Waals surface area contributed by atoms with Crippen LogP contribution in [0, 0.1) is 47.3 Å². The zero-order chi connectivity index (χ0) is 17.3. The lowest BCUT2D eigenvalue weighted by Gasteiger charge is -2.43. The van der Waals surface area contributed by atoms with Gasteiger partial charge in [0.2, 0.25) is 0 Å². The molecule has 5 aliphatic carbocycles. The van der Waals surface area contributed by atoms with Crippen LogP contribution in [0.2, 0.25) is 0 Å². The highest BCUT2D eigenvalue weighted by molar-refractivity contribution is 8.14. The fraction of sp³-hybridized carbons (Fsp3) is 0.905. The predicted molar refractivity (Wildman–Crippen MR) is 105 cm³/mol. The Labute approximate surface area is 160 Å². The summed E-state index contributed by atoms with van der Waals surface area (Å²) in [5.41, 5.74) is 0. The van der Waals surface area contributed by atoms with Gasteiger partial charge in [0.05, 0.1) is 0 Å². The van der Waals surface area contributed by atoms with E-state index in [1.807, 2.05) is 0 Å². The van der Waals surface area contributed by atoms with E-state index < -0.39 is 0 Å². The van der Waals surface area contributed by atoms with E-state index in [0.29, 0.717) is 16.1 Å². The standard InChI is InChI=1S/C21H30O2S2/c1-10(22)3-4-24-19-6-12-5-18(19)21-17-9-16(20(12)21)14-7-13(8-15(14)17)25-11(2)23/h12-21H,3-9H2,1-2H3. The van der Waals surface area contributed by atoms with Crippen LogP contribution in [-0.4, -0.2) is 27.2 Å². The molecule has 0 radical (unpaired) electrons. The van der Waals surface area contributed by atoms with Gasteiger partial charge in [0.25, 0.3) is 0 Å². The van der Waals surface area contributed by atoms with Crippen molar-refractivity contribution in [3.63, 3.8) is 0 Å². The van der Waals surface area contributed by atoms with Gasteiger partial charge >= 0.3 is 0 Å². The monoisotopic (exact) mass is 378 g/mol. The Hall–Kier alpha value is 0.0400. The first kappa shape index (κ1) is 17.2. The summed E-state index contributed by atoms with van der Waals surface area (Å²) in [6.45, 7) is 3.47. The number of rotatable bonds is 5. The molecule has 4 heteroatoms. The average Bonchev–Trinajstić information content (AvgIpc) is 3.27. The Bertz CT molecular complexity index is 590. The maximum absolute atomic E-state index is 11.5. The molecular formula is C21H30O2S2. The number of hydrogen-bond acceptors (Lipinski definition) is 4. The molecule has 0 aromatic heterocycles. The van der Waals surface area contributed by atoms with Gasteiger partial charge in [-0.2, -0.15) is 11.8 Å². The van der Waals surface area contributed by atoms with Gasteiger partial charge in [-0.25, -0.2) is 0 Å². The van der Waals surface area contributed by atoms with E-state index in [-0.39, 0.29) is 0 Å². The van der Waals surface area contributed by atoms with Crippen LogP contribution >= 0.6 is 23.5 Å². The van der Waals surface area contributed by atoms with Crippen LogP contribution in [0.15, 0.2) is 0 Å². The van der Waals surface area contributed by atoms with Gasteiger partial charge in [0.1, 0.15) is 5.78 Å². The van der Waals surface area contributed by atoms with E-state index in [1.165, 1.54) is 32.1 Å². The van der Waals surface area contributed by atoms with E-state index in [4.69, 9.17) is 0 Å². The molecular weight excluding hydrogens is 348 g/mol. The summed E-state index contributed by atoms with van der Waals surface area (Å²) in [5, 5.41) is 1.78. The summed E-state index contributed by atoms with van der Waals surface area (Å²) in [4.78, 5) is 22.8. The van der Waals surface area contributed by atoms with Crippen LogP contribution in [-0.2, 0) is 9.59 Å². The Morgan fingerprint density at radius 1 is 0.840 bits per heavy atom. The third kappa shape index (κ3) is 2.68. The minimum atomic E-state index is 0.319. The van der Waals surface area contributed by atoms with E-state index in [2.05, 4.69) is 11.8 Å². The van der Waals surface area contributed by atoms with Crippen LogP contribution in [0.1, 0.15) is 52.4 Å². The van der Waals surface area contributed by atoms with Gasteiger partial charge in [-0.3, -0.25) is 9.59 Å². The SMILES string of the molecule is CC(=O)CCSC1CC2CC1C1C3CC(C4CC(SC(C)=O)CC43)C21. The van der Waals surface area contributed by atoms with Gasteiger partial charge < -0.3 is 0 Å². The average molecular weight is 379 g/mol. The molecule has 10 unspecified atom stereocenters. The maximum atomic E-state index is 11.5. The number of thioether (sulfide) groups is 2. The first-order chi connectivity index (χ1) is 12.0. The van der Waals surface area contributed by atoms with E-state index in [0.717, 1.165) is 64.8 Å². The fourth-order valence-corrected chi connectivity index (χ4v) is 10.8. The van der Waals surface area contributed by atoms with E-state index in [9.17, 15) is 9.59 Å². The van der Waals surface area contributed by atoms with Gasteiger partial charge in [-0.1, -0.05) is 11.8 Å². The lowest BCUT2D eigenvalue weighted by Crippen LogP contribution is -2.39. The predicted octanol–water partition coefficient (Wildman–Crippen LogP) is 4.66. The zero-order valence-corrected chi connectivity index (χ0v) is 17.0. The Morgan fingerprint density at radius 3 is 2.24 bits per heavy atom. The second-order valence-corrected chi connectivity index (χ2v) is 12.3. The quantitative estimate of drug-likeness (QED) is 0.652. The van der Waals surface area contributed by atoms with Gasteiger partial charge in [-0.15, -0.1) is 0 Å². The first-order valence-electron chi connectivity index (χ1n) is 10.3. The molecule has 5 rings (SSSR count). The molecule has 0 spiro atoms. The van der Waals surface area contributed by atoms with Gasteiger partial charge in [-0.05, 0) is 86.4 Å². The summed E-state index contributed by atoms with van der Waals surface area (Å²) >= 11 is 3.75. The highest BCUT2D eigenvalue weighted by atomic mass is 32.2. The van der Waals surface area contributed by atoms with Crippen LogP contribution < -0.4 is 0 Å². The van der Waals surface area contributed by atoms with Crippen molar-refractivity contribution < 1.29 is 9.59 Å². The fourth-order valence-electron chi connectivity index (χ4n) is 8.09. The smallest absolute Gasteiger partial charge is 0.186 e. The minimum Gasteiger partial charge on any atom is -0.300 e. The summed E-state index contributed by atoms with van der Waals surface area (Å²) in [6, 6.07) is 0. The van der Waals surface area contributed by atoms with Crippen LogP contribution in [0.25, 0.3) is 0 Å². The summed E-state index contributed by atoms with van der Waals surface area (Å²) in [7, 11) is 0. The van der Waals surface area contributed by atoms with Gasteiger partial charge in [0, 0.05) is 29.6 Å². The minimum absolute atomic E-state index is 0.319. The van der Waals surface area contributed by atoms with Crippen LogP contribution in [0.5, 0.6) is 0 Å². The molecule has 5 fully saturated rings. The summed E-state index contributed by atoms with van der Waals surface area (Å²) in [6.07, 6.45) is 7.84. The Morgan fingerprint density at radius 2 is 1.56 bits per heavy atom. The first-order valence-corrected chi connectivity index (χ1v) is 12.2. The molecule has 0 saturated heterocycles. The number of Topliss-reactive ketones (excluding diaryl/α,β-unsaturated/α-hetero) is 1. The van der Waals surface area contributed by atoms with E-state index in [1.54, 1.807) is 25.6 Å². The number of carbonyl (C=O) groups excluding carboxylic acids is 2. The highest BCUT2D eigenvalue weighted by Gasteiger charge is 2.68. The number of hydrogen-bond donors (Lipinski definition) is 0. The zero-order valence-electron chi connectivity index (χ0n) is 15.4. The van der Waals surface area contributed by atoms with Crippen molar-refractivity contribution in [3.8, 4) is 0 Å². The van der Waals surface area contributed by atoms with Crippen molar-refractivity contribution in [2.45, 2.75) is 62.9 Å².